The van der Waals surface area contributed by atoms with Crippen LogP contribution in [0.4, 0.5) is 8.78 Å². The molecule has 0 aliphatic heterocycles. The molecule has 0 radical (unpaired) electrons. The van der Waals surface area contributed by atoms with E-state index in [-0.39, 0.29) is 11.5 Å². The number of ether oxygens (including phenoxy) is 1. The van der Waals surface area contributed by atoms with Gasteiger partial charge in [0.1, 0.15) is 0 Å². The van der Waals surface area contributed by atoms with Gasteiger partial charge < -0.3 is 9.26 Å². The Morgan fingerprint density at radius 3 is 2.53 bits per heavy atom. The average molecular weight is 217 g/mol. The van der Waals surface area contributed by atoms with Crippen LogP contribution in [0.2, 0.25) is 0 Å². The summed E-state index contributed by atoms with van der Waals surface area (Å²) in [6.45, 7) is 7.07. The van der Waals surface area contributed by atoms with Crippen molar-refractivity contribution in [2.45, 2.75) is 26.7 Å². The van der Waals surface area contributed by atoms with Crippen LogP contribution in [0, 0.1) is 13.8 Å². The minimum Gasteiger partial charge on any atom is -0.457 e. The van der Waals surface area contributed by atoms with E-state index >= 15 is 0 Å². The zero-order chi connectivity index (χ0) is 11.6. The van der Waals surface area contributed by atoms with Gasteiger partial charge >= 0.3 is 11.9 Å². The van der Waals surface area contributed by atoms with Crippen molar-refractivity contribution in [2.75, 3.05) is 6.61 Å². The van der Waals surface area contributed by atoms with Gasteiger partial charge in [0.05, 0.1) is 11.3 Å². The minimum absolute atomic E-state index is 0.0356. The molecular weight excluding hydrogens is 204 g/mol. The van der Waals surface area contributed by atoms with Crippen molar-refractivity contribution in [3.63, 3.8) is 0 Å². The molecule has 0 saturated heterocycles. The second-order valence-corrected chi connectivity index (χ2v) is 3.45. The van der Waals surface area contributed by atoms with Crippen molar-refractivity contribution < 1.29 is 18.0 Å². The molecule has 1 heterocycles. The van der Waals surface area contributed by atoms with E-state index in [4.69, 9.17) is 9.26 Å². The lowest BCUT2D eigenvalue weighted by molar-refractivity contribution is -0.0146. The molecule has 0 unspecified atom stereocenters. The van der Waals surface area contributed by atoms with Gasteiger partial charge in [-0.25, -0.2) is 0 Å². The fraction of sp³-hybridized carbons (Fsp3) is 0.500. The Morgan fingerprint density at radius 1 is 1.53 bits per heavy atom. The fourth-order valence-corrected chi connectivity index (χ4v) is 0.809. The highest BCUT2D eigenvalue weighted by molar-refractivity contribution is 5.24. The van der Waals surface area contributed by atoms with Crippen LogP contribution >= 0.6 is 0 Å². The topological polar surface area (TPSA) is 35.3 Å². The summed E-state index contributed by atoms with van der Waals surface area (Å²) >= 11 is 0. The number of hydrogen-bond donors (Lipinski definition) is 0. The Kier molecular flexibility index (Phi) is 3.12. The van der Waals surface area contributed by atoms with Crippen LogP contribution in [-0.4, -0.2) is 17.7 Å². The summed E-state index contributed by atoms with van der Waals surface area (Å²) < 4.78 is 35.7. The molecule has 0 N–H and O–H groups in total. The molecule has 5 heteroatoms. The van der Waals surface area contributed by atoms with Gasteiger partial charge in [-0.2, -0.15) is 8.78 Å². The molecule has 0 fully saturated rings. The molecule has 0 aliphatic carbocycles. The molecule has 84 valence electrons. The highest BCUT2D eigenvalue weighted by Gasteiger charge is 2.32. The summed E-state index contributed by atoms with van der Waals surface area (Å²) in [5.74, 6) is -3.01. The van der Waals surface area contributed by atoms with Crippen molar-refractivity contribution in [1.29, 1.82) is 0 Å². The highest BCUT2D eigenvalue weighted by atomic mass is 19.3. The maximum Gasteiger partial charge on any atom is 0.314 e. The molecule has 1 rings (SSSR count). The molecule has 0 amide bonds. The number of halogens is 2. The van der Waals surface area contributed by atoms with Gasteiger partial charge in [0, 0.05) is 0 Å². The third kappa shape index (κ3) is 2.55. The van der Waals surface area contributed by atoms with Gasteiger partial charge in [-0.1, -0.05) is 11.7 Å². The molecule has 0 spiro atoms. The zero-order valence-electron chi connectivity index (χ0n) is 8.93. The van der Waals surface area contributed by atoms with Gasteiger partial charge in [0.25, 0.3) is 0 Å². The average Bonchev–Trinajstić information content (AvgIpc) is 2.45. The molecule has 0 bridgehead atoms. The number of nitrogens with zero attached hydrogens (tertiary/aromatic N) is 1. The number of rotatable bonds is 4. The summed E-state index contributed by atoms with van der Waals surface area (Å²) in [5, 5.41) is 3.59. The Balaban J connectivity index is 2.65. The molecule has 0 saturated carbocycles. The van der Waals surface area contributed by atoms with E-state index < -0.39 is 12.5 Å². The Bertz CT molecular complexity index is 371. The molecule has 0 aliphatic rings. The van der Waals surface area contributed by atoms with E-state index in [1.165, 1.54) is 6.92 Å². The van der Waals surface area contributed by atoms with Crippen LogP contribution in [0.15, 0.2) is 16.7 Å². The van der Waals surface area contributed by atoms with Crippen molar-refractivity contribution in [3.05, 3.63) is 23.4 Å². The van der Waals surface area contributed by atoms with E-state index in [0.717, 1.165) is 0 Å². The quantitative estimate of drug-likeness (QED) is 0.727. The van der Waals surface area contributed by atoms with Crippen molar-refractivity contribution in [3.8, 4) is 5.95 Å². The predicted octanol–water partition coefficient (Wildman–Crippen LogP) is 2.88. The number of aromatic nitrogens is 1. The zero-order valence-corrected chi connectivity index (χ0v) is 8.93. The first-order chi connectivity index (χ1) is 6.84. The third-order valence-corrected chi connectivity index (χ3v) is 2.12. The molecular formula is C10H13F2NO2. The maximum absolute atomic E-state index is 13.1. The molecule has 0 aromatic carbocycles. The second kappa shape index (κ2) is 4.00. The molecule has 3 nitrogen and oxygen atoms in total. The smallest absolute Gasteiger partial charge is 0.314 e. The standard InChI is InChI=1S/C10H13F2NO2/c1-6(2)10(11,12)5-14-9-7(3)8(4)13-15-9/h1,5H2,2-4H3. The van der Waals surface area contributed by atoms with E-state index in [2.05, 4.69) is 11.7 Å². The van der Waals surface area contributed by atoms with Gasteiger partial charge in [0.2, 0.25) is 0 Å². The van der Waals surface area contributed by atoms with Gasteiger partial charge in [-0.05, 0) is 26.3 Å². The summed E-state index contributed by atoms with van der Waals surface area (Å²) in [6, 6.07) is 0. The van der Waals surface area contributed by atoms with Crippen LogP contribution in [0.3, 0.4) is 0 Å². The van der Waals surface area contributed by atoms with Gasteiger partial charge in [-0.3, -0.25) is 0 Å². The van der Waals surface area contributed by atoms with Crippen molar-refractivity contribution >= 4 is 0 Å². The predicted molar refractivity (Wildman–Crippen MR) is 51.2 cm³/mol. The van der Waals surface area contributed by atoms with Crippen LogP contribution < -0.4 is 4.74 Å². The van der Waals surface area contributed by atoms with E-state index in [1.54, 1.807) is 13.8 Å². The third-order valence-electron chi connectivity index (χ3n) is 2.12. The number of hydrogen-bond acceptors (Lipinski definition) is 3. The summed E-state index contributed by atoms with van der Waals surface area (Å²) in [7, 11) is 0. The fourth-order valence-electron chi connectivity index (χ4n) is 0.809. The lowest BCUT2D eigenvalue weighted by atomic mass is 10.2. The Labute approximate surface area is 86.7 Å². The summed E-state index contributed by atoms with van der Waals surface area (Å²) in [6.07, 6.45) is 0. The lowest BCUT2D eigenvalue weighted by Gasteiger charge is -2.15. The molecule has 1 aromatic heterocycles. The van der Waals surface area contributed by atoms with Crippen LogP contribution in [0.25, 0.3) is 0 Å². The number of aryl methyl sites for hydroxylation is 1. The van der Waals surface area contributed by atoms with Crippen LogP contribution in [0.1, 0.15) is 18.2 Å². The van der Waals surface area contributed by atoms with Crippen LogP contribution in [0.5, 0.6) is 5.95 Å². The first kappa shape index (κ1) is 11.7. The first-order valence-corrected chi connectivity index (χ1v) is 4.44. The molecule has 1 aromatic rings. The van der Waals surface area contributed by atoms with Gasteiger partial charge in [-0.15, -0.1) is 0 Å². The Hall–Kier alpha value is -1.39. The largest absolute Gasteiger partial charge is 0.457 e. The van der Waals surface area contributed by atoms with E-state index in [1.807, 2.05) is 0 Å². The lowest BCUT2D eigenvalue weighted by Crippen LogP contribution is -2.26. The SMILES string of the molecule is C=C(C)C(F)(F)COc1onc(C)c1C. The first-order valence-electron chi connectivity index (χ1n) is 4.44. The second-order valence-electron chi connectivity index (χ2n) is 3.45. The molecule has 0 atom stereocenters. The monoisotopic (exact) mass is 217 g/mol. The number of alkyl halides is 2. The maximum atomic E-state index is 13.1. The molecule has 15 heavy (non-hydrogen) atoms. The van der Waals surface area contributed by atoms with Crippen LogP contribution in [-0.2, 0) is 0 Å². The van der Waals surface area contributed by atoms with E-state index in [0.29, 0.717) is 11.3 Å². The van der Waals surface area contributed by atoms with Gasteiger partial charge in [0.15, 0.2) is 6.61 Å². The summed E-state index contributed by atoms with van der Waals surface area (Å²) in [5.41, 5.74) is 1.02. The normalized spacial score (nSPS) is 11.5. The van der Waals surface area contributed by atoms with E-state index in [9.17, 15) is 8.78 Å². The van der Waals surface area contributed by atoms with Crippen molar-refractivity contribution in [1.82, 2.24) is 5.16 Å². The Morgan fingerprint density at radius 2 is 2.13 bits per heavy atom. The minimum atomic E-state index is -3.05. The summed E-state index contributed by atoms with van der Waals surface area (Å²) in [4.78, 5) is 0. The van der Waals surface area contributed by atoms with Crippen molar-refractivity contribution in [2.24, 2.45) is 0 Å². The highest BCUT2D eigenvalue weighted by Crippen LogP contribution is 2.26.